The maximum absolute atomic E-state index is 11.0. The summed E-state index contributed by atoms with van der Waals surface area (Å²) in [4.78, 5) is 11.8. The molecule has 0 rings (SSSR count). The molecule has 0 bridgehead atoms. The zero-order chi connectivity index (χ0) is 19.3. The van der Waals surface area contributed by atoms with Crippen LogP contribution in [0.3, 0.4) is 0 Å². The number of nitrogens with zero attached hydrogens (tertiary/aromatic N) is 1. The summed E-state index contributed by atoms with van der Waals surface area (Å²) in [6.07, 6.45) is 10.1. The predicted octanol–water partition coefficient (Wildman–Crippen LogP) is 6.27. The second kappa shape index (κ2) is 14.0. The van der Waals surface area contributed by atoms with Crippen LogP contribution in [0.2, 0.25) is 0 Å². The van der Waals surface area contributed by atoms with Crippen LogP contribution >= 0.6 is 25.0 Å². The van der Waals surface area contributed by atoms with Gasteiger partial charge in [0.2, 0.25) is 0 Å². The first-order valence-electron chi connectivity index (χ1n) is 10.2. The molecule has 0 amide bonds. The van der Waals surface area contributed by atoms with Gasteiger partial charge >= 0.3 is 5.97 Å². The Labute approximate surface area is 166 Å². The number of rotatable bonds is 15. The number of aliphatic carboxylic acids is 1. The van der Waals surface area contributed by atoms with Crippen molar-refractivity contribution in [2.45, 2.75) is 91.9 Å². The van der Waals surface area contributed by atoms with Crippen LogP contribution in [0.4, 0.5) is 0 Å². The van der Waals surface area contributed by atoms with Crippen molar-refractivity contribution >= 4 is 36.0 Å². The molecule has 25 heavy (non-hydrogen) atoms. The third-order valence-corrected chi connectivity index (χ3v) is 6.48. The highest BCUT2D eigenvalue weighted by atomic mass is 32.1. The number of hydrogen-bond acceptors (Lipinski definition) is 3. The molecule has 1 N–H and O–H groups in total. The monoisotopic (exact) mass is 390 g/mol. The summed E-state index contributed by atoms with van der Waals surface area (Å²) in [6.45, 7) is 10.8. The van der Waals surface area contributed by atoms with Crippen molar-refractivity contribution in [3.8, 4) is 0 Å². The molecule has 0 fully saturated rings. The number of unbranched alkanes of at least 4 members (excludes halogenated alkanes) is 2. The molecular formula is C20H40NO2S2+. The molecule has 0 aromatic heterocycles. The molecule has 0 aliphatic heterocycles. The van der Waals surface area contributed by atoms with Crippen LogP contribution in [-0.2, 0) is 4.79 Å². The second-order valence-electron chi connectivity index (χ2n) is 7.41. The molecule has 0 aromatic rings. The summed E-state index contributed by atoms with van der Waals surface area (Å²) in [5, 5.41) is 9.02. The number of hydrogen-bond donors (Lipinski definition) is 2. The van der Waals surface area contributed by atoms with E-state index in [4.69, 9.17) is 30.1 Å². The molecule has 0 aromatic carbocycles. The number of thiol groups is 1. The largest absolute Gasteiger partial charge is 0.481 e. The minimum atomic E-state index is -0.779. The second-order valence-corrected chi connectivity index (χ2v) is 8.65. The Morgan fingerprint density at radius 3 is 1.72 bits per heavy atom. The van der Waals surface area contributed by atoms with Gasteiger partial charge in [0.15, 0.2) is 4.99 Å². The summed E-state index contributed by atoms with van der Waals surface area (Å²) in [6, 6.07) is 0. The number of thiocarbonyl (C=S) groups is 1. The SMILES string of the molecule is CCCCC(CC)C[N+](S)(CC(CC)CCCC)C(=S)CCC(=O)O. The van der Waals surface area contributed by atoms with E-state index in [1.165, 1.54) is 38.5 Å². The van der Waals surface area contributed by atoms with Crippen LogP contribution < -0.4 is 0 Å². The average Bonchev–Trinajstić information content (AvgIpc) is 2.59. The lowest BCUT2D eigenvalue weighted by atomic mass is 9.95. The lowest BCUT2D eigenvalue weighted by molar-refractivity contribution is -0.704. The van der Waals surface area contributed by atoms with Crippen LogP contribution in [0.25, 0.3) is 0 Å². The number of carboxylic acids is 1. The number of carboxylic acid groups (broad SMARTS) is 1. The molecule has 0 saturated heterocycles. The van der Waals surface area contributed by atoms with E-state index in [9.17, 15) is 4.79 Å². The van der Waals surface area contributed by atoms with E-state index in [0.29, 0.717) is 22.1 Å². The fraction of sp³-hybridized carbons (Fsp3) is 0.900. The van der Waals surface area contributed by atoms with E-state index in [1.54, 1.807) is 0 Å². The molecule has 0 radical (unpaired) electrons. The smallest absolute Gasteiger partial charge is 0.303 e. The third-order valence-electron chi connectivity index (χ3n) is 5.22. The van der Waals surface area contributed by atoms with E-state index in [0.717, 1.165) is 30.9 Å². The molecule has 3 nitrogen and oxygen atoms in total. The van der Waals surface area contributed by atoms with Crippen LogP contribution in [0, 0.1) is 11.8 Å². The molecule has 148 valence electrons. The molecule has 2 unspecified atom stereocenters. The maximum atomic E-state index is 11.0. The van der Waals surface area contributed by atoms with Crippen LogP contribution in [0.1, 0.15) is 91.9 Å². The summed E-state index contributed by atoms with van der Waals surface area (Å²) >= 11 is 10.7. The molecular weight excluding hydrogens is 350 g/mol. The summed E-state index contributed by atoms with van der Waals surface area (Å²) in [5.41, 5.74) is 0. The zero-order valence-corrected chi connectivity index (χ0v) is 18.5. The van der Waals surface area contributed by atoms with Gasteiger partial charge in [0, 0.05) is 18.3 Å². The highest BCUT2D eigenvalue weighted by molar-refractivity contribution is 7.82. The van der Waals surface area contributed by atoms with Crippen molar-refractivity contribution in [1.29, 1.82) is 0 Å². The maximum Gasteiger partial charge on any atom is 0.303 e. The highest BCUT2D eigenvalue weighted by Gasteiger charge is 2.35. The quantitative estimate of drug-likeness (QED) is 0.196. The number of carbonyl (C=O) groups is 1. The van der Waals surface area contributed by atoms with Gasteiger partial charge in [0.25, 0.3) is 0 Å². The normalized spacial score (nSPS) is 16.2. The van der Waals surface area contributed by atoms with Gasteiger partial charge in [-0.3, -0.25) is 4.79 Å². The molecule has 0 heterocycles. The van der Waals surface area contributed by atoms with Crippen LogP contribution in [0.15, 0.2) is 0 Å². The lowest BCUT2D eigenvalue weighted by Gasteiger charge is -2.37. The topological polar surface area (TPSA) is 37.3 Å². The average molecular weight is 391 g/mol. The Hall–Kier alpha value is -0.130. The van der Waals surface area contributed by atoms with Crippen LogP contribution in [-0.4, -0.2) is 33.0 Å². The zero-order valence-electron chi connectivity index (χ0n) is 16.8. The standard InChI is InChI=1S/C20H39NO2S2/c1-5-9-11-17(7-3)15-21(25,19(24)13-14-20(22)23)16-18(8-4)12-10-6-2/h17-18,25H,5-16H2,1-4H3/p+1. The van der Waals surface area contributed by atoms with Crippen LogP contribution in [0.5, 0.6) is 0 Å². The van der Waals surface area contributed by atoms with Gasteiger partial charge in [-0.2, -0.15) is 0 Å². The highest BCUT2D eigenvalue weighted by Crippen LogP contribution is 2.29. The van der Waals surface area contributed by atoms with Crippen molar-refractivity contribution in [3.63, 3.8) is 0 Å². The van der Waals surface area contributed by atoms with Gasteiger partial charge in [0.05, 0.1) is 32.3 Å². The van der Waals surface area contributed by atoms with Crippen molar-refractivity contribution in [1.82, 2.24) is 0 Å². The van der Waals surface area contributed by atoms with Crippen molar-refractivity contribution in [3.05, 3.63) is 0 Å². The molecule has 0 spiro atoms. The van der Waals surface area contributed by atoms with E-state index in [2.05, 4.69) is 27.7 Å². The van der Waals surface area contributed by atoms with Gasteiger partial charge in [0.1, 0.15) is 0 Å². The van der Waals surface area contributed by atoms with Gasteiger partial charge < -0.3 is 5.11 Å². The first kappa shape index (κ1) is 24.9. The summed E-state index contributed by atoms with van der Waals surface area (Å²) < 4.78 is 0.479. The Morgan fingerprint density at radius 2 is 1.40 bits per heavy atom. The lowest BCUT2D eigenvalue weighted by Crippen LogP contribution is -2.49. The number of quaternary nitrogens is 1. The molecule has 5 heteroatoms. The minimum Gasteiger partial charge on any atom is -0.481 e. The Bertz CT molecular complexity index is 370. The van der Waals surface area contributed by atoms with Crippen molar-refractivity contribution in [2.24, 2.45) is 11.8 Å². The van der Waals surface area contributed by atoms with Crippen molar-refractivity contribution in [2.75, 3.05) is 13.1 Å². The summed E-state index contributed by atoms with van der Waals surface area (Å²) in [7, 11) is 0. The molecule has 0 aliphatic carbocycles. The van der Waals surface area contributed by atoms with E-state index in [1.807, 2.05) is 0 Å². The van der Waals surface area contributed by atoms with Gasteiger partial charge in [-0.05, 0) is 37.9 Å². The summed E-state index contributed by atoms with van der Waals surface area (Å²) in [5.74, 6) is 0.422. The van der Waals surface area contributed by atoms with E-state index >= 15 is 0 Å². The van der Waals surface area contributed by atoms with E-state index < -0.39 is 5.97 Å². The molecule has 0 aliphatic rings. The van der Waals surface area contributed by atoms with Crippen molar-refractivity contribution < 1.29 is 13.8 Å². The van der Waals surface area contributed by atoms with Gasteiger partial charge in [-0.15, -0.1) is 0 Å². The van der Waals surface area contributed by atoms with E-state index in [-0.39, 0.29) is 6.42 Å². The first-order chi connectivity index (χ1) is 11.8. The fourth-order valence-corrected chi connectivity index (χ4v) is 4.20. The van der Waals surface area contributed by atoms with Gasteiger partial charge in [-0.25, -0.2) is 3.89 Å². The predicted molar refractivity (Wildman–Crippen MR) is 115 cm³/mol. The Balaban J connectivity index is 5.16. The Kier molecular flexibility index (Phi) is 13.9. The Morgan fingerprint density at radius 1 is 0.960 bits per heavy atom. The first-order valence-corrected chi connectivity index (χ1v) is 11.0. The van der Waals surface area contributed by atoms with Gasteiger partial charge in [-0.1, -0.05) is 53.4 Å². The third kappa shape index (κ3) is 10.6. The minimum absolute atomic E-state index is 0.108. The fourth-order valence-electron chi connectivity index (χ4n) is 3.39. The molecule has 2 atom stereocenters. The molecule has 0 saturated carbocycles.